The number of hydrogen-bond acceptors (Lipinski definition) is 2. The smallest absolute Gasteiger partial charge is 0.274 e. The van der Waals surface area contributed by atoms with Gasteiger partial charge in [-0.05, 0) is 29.3 Å². The van der Waals surface area contributed by atoms with Gasteiger partial charge in [-0.1, -0.05) is 0 Å². The predicted molar refractivity (Wildman–Crippen MR) is 38.8 cm³/mol. The van der Waals surface area contributed by atoms with Crippen molar-refractivity contribution in [2.45, 2.75) is 6.18 Å². The van der Waals surface area contributed by atoms with Crippen molar-refractivity contribution >= 4 is 0 Å². The molecule has 2 aliphatic carbocycles. The molecule has 0 aromatic carbocycles. The lowest BCUT2D eigenvalue weighted by atomic mass is 10.3. The van der Waals surface area contributed by atoms with E-state index in [1.807, 2.05) is 0 Å². The van der Waals surface area contributed by atoms with Crippen molar-refractivity contribution in [3.63, 3.8) is 0 Å². The molecular weight excluding hydrogens is 169 g/mol. The van der Waals surface area contributed by atoms with Crippen LogP contribution in [0, 0.1) is 0 Å². The minimum atomic E-state index is -4.17. The van der Waals surface area contributed by atoms with Gasteiger partial charge in [-0.2, -0.15) is 13.2 Å². The predicted octanol–water partition coefficient (Wildman–Crippen LogP) is 1.50. The minimum absolute atomic E-state index is 0.528. The Labute approximate surface area is 66.9 Å². The van der Waals surface area contributed by atoms with Gasteiger partial charge in [0.1, 0.15) is 0 Å². The van der Waals surface area contributed by atoms with Crippen LogP contribution >= 0.6 is 0 Å². The Hall–Kier alpha value is -1.07. The third kappa shape index (κ3) is 1.57. The average Bonchev–Trinajstić information content (AvgIpc) is 2.61. The number of hydrazine groups is 1. The summed E-state index contributed by atoms with van der Waals surface area (Å²) in [6.45, 7) is 0. The van der Waals surface area contributed by atoms with Crippen molar-refractivity contribution in [3.05, 3.63) is 23.8 Å². The van der Waals surface area contributed by atoms with E-state index in [0.29, 0.717) is 0 Å². The molecule has 0 unspecified atom stereocenters. The first-order valence-electron chi connectivity index (χ1n) is 3.13. The third-order valence-corrected chi connectivity index (χ3v) is 1.51. The molecule has 0 aromatic heterocycles. The van der Waals surface area contributed by atoms with Gasteiger partial charge in [0, 0.05) is 0 Å². The molecule has 0 saturated heterocycles. The number of benzene rings is 1. The second-order valence-electron chi connectivity index (χ2n) is 2.30. The summed E-state index contributed by atoms with van der Waals surface area (Å²) in [6, 6.07) is 4.04. The zero-order valence-corrected chi connectivity index (χ0v) is 6.02. The fraction of sp³-hybridized carbons (Fsp3) is 0.143. The quantitative estimate of drug-likeness (QED) is 0.472. The maximum absolute atomic E-state index is 11.8. The van der Waals surface area contributed by atoms with Gasteiger partial charge in [0.15, 0.2) is 0 Å². The Morgan fingerprint density at radius 1 is 0.917 bits per heavy atom. The van der Waals surface area contributed by atoms with Crippen LogP contribution in [0.1, 0.15) is 5.56 Å². The van der Waals surface area contributed by atoms with Gasteiger partial charge in [-0.3, -0.25) is 11.7 Å². The van der Waals surface area contributed by atoms with E-state index in [-0.39, 0.29) is 0 Å². The SMILES string of the molecule is FC(F)(F)c1cc2cc-2c1.NN. The van der Waals surface area contributed by atoms with Gasteiger partial charge in [-0.25, -0.2) is 0 Å². The van der Waals surface area contributed by atoms with E-state index in [4.69, 9.17) is 0 Å². The average molecular weight is 176 g/mol. The molecule has 4 N–H and O–H groups in total. The first kappa shape index (κ1) is 9.02. The van der Waals surface area contributed by atoms with Gasteiger partial charge >= 0.3 is 6.18 Å². The minimum Gasteiger partial charge on any atom is -0.274 e. The van der Waals surface area contributed by atoms with Crippen LogP contribution in [0.15, 0.2) is 18.2 Å². The molecule has 0 aromatic rings. The summed E-state index contributed by atoms with van der Waals surface area (Å²) in [5, 5.41) is 0. The Bertz CT molecular complexity index is 273. The fourth-order valence-corrected chi connectivity index (χ4v) is 0.922. The molecule has 0 aliphatic heterocycles. The van der Waals surface area contributed by atoms with Crippen LogP contribution < -0.4 is 11.7 Å². The lowest BCUT2D eigenvalue weighted by Gasteiger charge is -2.00. The monoisotopic (exact) mass is 176 g/mol. The standard InChI is InChI=1S/C7H3F3.H4N2/c8-7(9,10)6-2-4-1-5(4)3-6;1-2/h1-3H;1-2H2. The fourth-order valence-electron chi connectivity index (χ4n) is 0.922. The van der Waals surface area contributed by atoms with Crippen molar-refractivity contribution in [1.29, 1.82) is 0 Å². The summed E-state index contributed by atoms with van der Waals surface area (Å²) < 4.78 is 35.4. The van der Waals surface area contributed by atoms with E-state index in [1.54, 1.807) is 6.07 Å². The van der Waals surface area contributed by atoms with E-state index in [9.17, 15) is 13.2 Å². The lowest BCUT2D eigenvalue weighted by molar-refractivity contribution is -0.137. The van der Waals surface area contributed by atoms with Crippen LogP contribution in [0.4, 0.5) is 13.2 Å². The summed E-state index contributed by atoms with van der Waals surface area (Å²) >= 11 is 0. The van der Waals surface area contributed by atoms with Crippen molar-refractivity contribution in [1.82, 2.24) is 0 Å². The van der Waals surface area contributed by atoms with Gasteiger partial charge in [-0.15, -0.1) is 0 Å². The molecule has 5 heteroatoms. The molecule has 0 atom stereocenters. The van der Waals surface area contributed by atoms with Crippen molar-refractivity contribution in [2.24, 2.45) is 11.7 Å². The summed E-state index contributed by atoms with van der Waals surface area (Å²) in [5.41, 5.74) is 0.930. The van der Waals surface area contributed by atoms with Crippen LogP contribution in [-0.2, 0) is 6.18 Å². The number of rotatable bonds is 0. The number of fused-ring (bicyclic) bond motifs is 1. The number of alkyl halides is 3. The van der Waals surface area contributed by atoms with Crippen molar-refractivity contribution in [2.75, 3.05) is 0 Å². The van der Waals surface area contributed by atoms with E-state index in [1.165, 1.54) is 0 Å². The van der Waals surface area contributed by atoms with Crippen molar-refractivity contribution < 1.29 is 13.2 Å². The number of halogens is 3. The maximum Gasteiger partial charge on any atom is 0.416 e. The van der Waals surface area contributed by atoms with E-state index in [0.717, 1.165) is 23.3 Å². The molecule has 2 rings (SSSR count). The molecule has 0 saturated carbocycles. The molecule has 66 valence electrons. The second kappa shape index (κ2) is 2.76. The summed E-state index contributed by atoms with van der Waals surface area (Å²) in [4.78, 5) is 0. The van der Waals surface area contributed by atoms with Crippen molar-refractivity contribution in [3.8, 4) is 11.1 Å². The molecule has 2 nitrogen and oxygen atoms in total. The van der Waals surface area contributed by atoms with Gasteiger partial charge < -0.3 is 0 Å². The van der Waals surface area contributed by atoms with E-state index < -0.39 is 11.7 Å². The zero-order valence-electron chi connectivity index (χ0n) is 6.02. The molecule has 0 radical (unpaired) electrons. The largest absolute Gasteiger partial charge is 0.416 e. The maximum atomic E-state index is 11.8. The highest BCUT2D eigenvalue weighted by atomic mass is 19.4. The molecular formula is C7H7F3N2. The summed E-state index contributed by atoms with van der Waals surface area (Å²) in [6.07, 6.45) is -4.17. The molecule has 12 heavy (non-hydrogen) atoms. The highest BCUT2D eigenvalue weighted by Crippen LogP contribution is 2.42. The second-order valence-corrected chi connectivity index (χ2v) is 2.30. The third-order valence-electron chi connectivity index (χ3n) is 1.51. The first-order valence-corrected chi connectivity index (χ1v) is 3.13. The van der Waals surface area contributed by atoms with E-state index in [2.05, 4.69) is 11.7 Å². The van der Waals surface area contributed by atoms with E-state index >= 15 is 0 Å². The molecule has 2 aliphatic rings. The topological polar surface area (TPSA) is 52.0 Å². The Morgan fingerprint density at radius 3 is 1.58 bits per heavy atom. The van der Waals surface area contributed by atoms with Crippen LogP contribution in [0.5, 0.6) is 0 Å². The van der Waals surface area contributed by atoms with Crippen LogP contribution in [0.2, 0.25) is 0 Å². The van der Waals surface area contributed by atoms with Crippen LogP contribution in [0.25, 0.3) is 11.1 Å². The molecule has 0 fully saturated rings. The van der Waals surface area contributed by atoms with Gasteiger partial charge in [0.05, 0.1) is 5.56 Å². The zero-order chi connectivity index (χ0) is 9.35. The highest BCUT2D eigenvalue weighted by Gasteiger charge is 2.34. The van der Waals surface area contributed by atoms with Crippen LogP contribution in [-0.4, -0.2) is 0 Å². The molecule has 0 spiro atoms. The van der Waals surface area contributed by atoms with Gasteiger partial charge in [0.2, 0.25) is 0 Å². The first-order chi connectivity index (χ1) is 5.57. The van der Waals surface area contributed by atoms with Gasteiger partial charge in [0.25, 0.3) is 0 Å². The number of nitrogens with two attached hydrogens (primary N) is 2. The Kier molecular flexibility index (Phi) is 2.08. The summed E-state index contributed by atoms with van der Waals surface area (Å²) in [5.74, 6) is 8.00. The Balaban J connectivity index is 0.000000336. The molecule has 0 amide bonds. The lowest BCUT2D eigenvalue weighted by Crippen LogP contribution is -2.02. The number of hydrogen-bond donors (Lipinski definition) is 2. The molecule has 0 bridgehead atoms. The Morgan fingerprint density at radius 2 is 1.33 bits per heavy atom. The molecule has 0 heterocycles. The summed E-state index contributed by atoms with van der Waals surface area (Å²) in [7, 11) is 0. The normalized spacial score (nSPS) is 11.8. The highest BCUT2D eigenvalue weighted by molar-refractivity contribution is 5.82. The van der Waals surface area contributed by atoms with Crippen LogP contribution in [0.3, 0.4) is 0 Å².